The van der Waals surface area contributed by atoms with E-state index < -0.39 is 5.09 Å². The van der Waals surface area contributed by atoms with E-state index >= 15 is 0 Å². The molecule has 1 N–H and O–H groups in total. The molecule has 0 atom stereocenters. The zero-order chi connectivity index (χ0) is 10.3. The van der Waals surface area contributed by atoms with E-state index in [0.29, 0.717) is 0 Å². The van der Waals surface area contributed by atoms with Gasteiger partial charge in [0, 0.05) is 13.6 Å². The lowest BCUT2D eigenvalue weighted by Crippen LogP contribution is -2.16. The van der Waals surface area contributed by atoms with E-state index in [0.717, 1.165) is 6.54 Å². The Bertz CT molecular complexity index is 219. The van der Waals surface area contributed by atoms with Crippen LogP contribution in [0.3, 0.4) is 0 Å². The van der Waals surface area contributed by atoms with Gasteiger partial charge in [0.15, 0.2) is 0 Å². The Kier molecular flexibility index (Phi) is 5.34. The van der Waals surface area contributed by atoms with E-state index in [1.165, 1.54) is 12.0 Å². The first kappa shape index (κ1) is 11.5. The summed E-state index contributed by atoms with van der Waals surface area (Å²) in [5.74, 6) is 0. The Morgan fingerprint density at radius 2 is 2.31 bits per heavy atom. The average molecular weight is 186 g/mol. The molecule has 0 aliphatic carbocycles. The molecule has 0 unspecified atom stereocenters. The Morgan fingerprint density at radius 1 is 1.77 bits per heavy atom. The summed E-state index contributed by atoms with van der Waals surface area (Å²) in [6.07, 6.45) is 7.57. The highest BCUT2D eigenvalue weighted by Crippen LogP contribution is 2.07. The molecule has 74 valence electrons. The van der Waals surface area contributed by atoms with Gasteiger partial charge in [0.25, 0.3) is 5.09 Å². The molecule has 1 aliphatic heterocycles. The monoisotopic (exact) mass is 186 g/mol. The molecule has 0 aromatic carbocycles. The summed E-state index contributed by atoms with van der Waals surface area (Å²) in [6, 6.07) is 0. The number of allylic oxidation sites excluding steroid dienone is 2. The van der Waals surface area contributed by atoms with E-state index in [-0.39, 0.29) is 0 Å². The van der Waals surface area contributed by atoms with E-state index in [9.17, 15) is 0 Å². The maximum absolute atomic E-state index is 8.36. The third kappa shape index (κ3) is 6.86. The van der Waals surface area contributed by atoms with Crippen LogP contribution >= 0.6 is 0 Å². The topological polar surface area (TPSA) is 66.6 Å². The molecule has 0 spiro atoms. The number of nitrogens with zero attached hydrogens (tertiary/aromatic N) is 2. The quantitative estimate of drug-likeness (QED) is 0.497. The summed E-state index contributed by atoms with van der Waals surface area (Å²) in [5.41, 5.74) is 1.51. The fourth-order valence-corrected chi connectivity index (χ4v) is 0.981. The summed E-state index contributed by atoms with van der Waals surface area (Å²) >= 11 is 0. The van der Waals surface area contributed by atoms with Crippen molar-refractivity contribution in [1.82, 2.24) is 4.90 Å². The van der Waals surface area contributed by atoms with Gasteiger partial charge in [-0.25, -0.2) is 0 Å². The van der Waals surface area contributed by atoms with Crippen LogP contribution in [0.15, 0.2) is 23.9 Å². The molecular formula is C8H14N2O3. The summed E-state index contributed by atoms with van der Waals surface area (Å²) in [7, 11) is 2.10. The first-order chi connectivity index (χ1) is 6.06. The lowest BCUT2D eigenvalue weighted by molar-refractivity contribution is -0.742. The highest BCUT2D eigenvalue weighted by molar-refractivity contribution is 5.17. The lowest BCUT2D eigenvalue weighted by Gasteiger charge is -2.18. The maximum atomic E-state index is 8.36. The Balaban J connectivity index is 0.000000310. The molecule has 0 fully saturated rings. The van der Waals surface area contributed by atoms with Gasteiger partial charge in [-0.05, 0) is 18.7 Å². The minimum absolute atomic E-state index is 1.10. The van der Waals surface area contributed by atoms with Crippen molar-refractivity contribution in [3.8, 4) is 0 Å². The minimum Gasteiger partial charge on any atom is -0.376 e. The molecular weight excluding hydrogens is 172 g/mol. The van der Waals surface area contributed by atoms with Gasteiger partial charge in [-0.15, -0.1) is 10.1 Å². The van der Waals surface area contributed by atoms with Crippen LogP contribution in [0, 0.1) is 10.1 Å². The van der Waals surface area contributed by atoms with Gasteiger partial charge >= 0.3 is 0 Å². The summed E-state index contributed by atoms with van der Waals surface area (Å²) in [4.78, 5) is 10.6. The van der Waals surface area contributed by atoms with Gasteiger partial charge < -0.3 is 10.1 Å². The molecule has 0 saturated carbocycles. The fraction of sp³-hybridized carbons (Fsp3) is 0.500. The number of hydrogen-bond acceptors (Lipinski definition) is 3. The predicted molar refractivity (Wildman–Crippen MR) is 48.9 cm³/mol. The van der Waals surface area contributed by atoms with Crippen LogP contribution in [0.4, 0.5) is 0 Å². The molecule has 0 saturated heterocycles. The van der Waals surface area contributed by atoms with Gasteiger partial charge in [-0.2, -0.15) is 0 Å². The van der Waals surface area contributed by atoms with Crippen LogP contribution in [0.25, 0.3) is 0 Å². The second kappa shape index (κ2) is 6.05. The van der Waals surface area contributed by atoms with Crippen LogP contribution in [-0.2, 0) is 0 Å². The first-order valence-electron chi connectivity index (χ1n) is 3.96. The van der Waals surface area contributed by atoms with Crippen LogP contribution in [0.1, 0.15) is 13.3 Å². The second-order valence-corrected chi connectivity index (χ2v) is 2.67. The molecule has 1 rings (SSSR count). The summed E-state index contributed by atoms with van der Waals surface area (Å²) < 4.78 is 0. The Hall–Kier alpha value is -1.52. The second-order valence-electron chi connectivity index (χ2n) is 2.67. The van der Waals surface area contributed by atoms with E-state index in [1.807, 2.05) is 0 Å². The largest absolute Gasteiger partial charge is 0.376 e. The van der Waals surface area contributed by atoms with Crippen molar-refractivity contribution >= 4 is 0 Å². The molecule has 0 aromatic heterocycles. The predicted octanol–water partition coefficient (Wildman–Crippen LogP) is 1.43. The van der Waals surface area contributed by atoms with Crippen molar-refractivity contribution in [3.05, 3.63) is 34.0 Å². The van der Waals surface area contributed by atoms with Crippen LogP contribution in [0.2, 0.25) is 0 Å². The first-order valence-corrected chi connectivity index (χ1v) is 3.96. The van der Waals surface area contributed by atoms with Crippen molar-refractivity contribution < 1.29 is 10.3 Å². The van der Waals surface area contributed by atoms with Gasteiger partial charge in [0.1, 0.15) is 0 Å². The minimum atomic E-state index is -1.50. The molecule has 1 heterocycles. The fourth-order valence-electron chi connectivity index (χ4n) is 0.981. The van der Waals surface area contributed by atoms with E-state index in [2.05, 4.69) is 37.2 Å². The standard InChI is InChI=1S/C8H13N.HNO3/c1-3-8-5-4-6-9(2)7-8;2-1(3)4/h4-6H,3,7H2,1-2H3;(H,2,3,4). The average Bonchev–Trinajstić information content (AvgIpc) is 2.03. The van der Waals surface area contributed by atoms with Crippen molar-refractivity contribution in [1.29, 1.82) is 0 Å². The van der Waals surface area contributed by atoms with Crippen molar-refractivity contribution in [2.75, 3.05) is 13.6 Å². The molecule has 0 aromatic rings. The molecule has 5 heteroatoms. The molecule has 13 heavy (non-hydrogen) atoms. The lowest BCUT2D eigenvalue weighted by atomic mass is 10.1. The summed E-state index contributed by atoms with van der Waals surface area (Å²) in [6.45, 7) is 3.30. The maximum Gasteiger partial charge on any atom is 0.291 e. The number of hydrogen-bond donors (Lipinski definition) is 1. The molecule has 1 aliphatic rings. The van der Waals surface area contributed by atoms with Crippen LogP contribution in [-0.4, -0.2) is 28.8 Å². The van der Waals surface area contributed by atoms with Gasteiger partial charge in [0.05, 0.1) is 0 Å². The highest BCUT2D eigenvalue weighted by atomic mass is 16.9. The van der Waals surface area contributed by atoms with Gasteiger partial charge in [-0.3, -0.25) is 0 Å². The van der Waals surface area contributed by atoms with Gasteiger partial charge in [-0.1, -0.05) is 18.6 Å². The van der Waals surface area contributed by atoms with Crippen LogP contribution < -0.4 is 0 Å². The number of rotatable bonds is 1. The van der Waals surface area contributed by atoms with Crippen LogP contribution in [0.5, 0.6) is 0 Å². The Labute approximate surface area is 77.1 Å². The molecule has 0 bridgehead atoms. The molecule has 0 amide bonds. The Morgan fingerprint density at radius 3 is 2.62 bits per heavy atom. The molecule has 5 nitrogen and oxygen atoms in total. The molecule has 0 radical (unpaired) electrons. The highest BCUT2D eigenvalue weighted by Gasteiger charge is 1.98. The third-order valence-corrected chi connectivity index (χ3v) is 1.58. The van der Waals surface area contributed by atoms with Crippen molar-refractivity contribution in [2.24, 2.45) is 0 Å². The third-order valence-electron chi connectivity index (χ3n) is 1.58. The SMILES string of the molecule is CCC1=CC=CN(C)C1.O=[N+]([O-])O. The zero-order valence-corrected chi connectivity index (χ0v) is 7.80. The zero-order valence-electron chi connectivity index (χ0n) is 7.80. The summed E-state index contributed by atoms with van der Waals surface area (Å²) in [5, 5.41) is 13.6. The van der Waals surface area contributed by atoms with E-state index in [1.54, 1.807) is 0 Å². The van der Waals surface area contributed by atoms with Crippen molar-refractivity contribution in [3.63, 3.8) is 0 Å². The van der Waals surface area contributed by atoms with E-state index in [4.69, 9.17) is 15.3 Å². The van der Waals surface area contributed by atoms with Gasteiger partial charge in [0.2, 0.25) is 0 Å². The number of likely N-dealkylation sites (N-methyl/N-ethyl adjacent to an activating group) is 1. The smallest absolute Gasteiger partial charge is 0.291 e. The normalized spacial score (nSPS) is 14.3. The van der Waals surface area contributed by atoms with Crippen molar-refractivity contribution in [2.45, 2.75) is 13.3 Å².